The molecule has 1 atom stereocenters. The molecule has 1 heterocycles. The van der Waals surface area contributed by atoms with Crippen molar-refractivity contribution in [2.24, 2.45) is 0 Å². The van der Waals surface area contributed by atoms with Gasteiger partial charge in [-0.2, -0.15) is 0 Å². The molecule has 1 aliphatic rings. The van der Waals surface area contributed by atoms with Crippen molar-refractivity contribution < 1.29 is 14.7 Å². The number of anilines is 2. The quantitative estimate of drug-likeness (QED) is 0.643. The van der Waals surface area contributed by atoms with Crippen LogP contribution in [0.5, 0.6) is 5.75 Å². The molecule has 0 spiro atoms. The smallest absolute Gasteiger partial charge is 0.238 e. The van der Waals surface area contributed by atoms with Gasteiger partial charge in [0.15, 0.2) is 0 Å². The molecule has 0 saturated heterocycles. The van der Waals surface area contributed by atoms with Crippen molar-refractivity contribution in [1.29, 1.82) is 0 Å². The van der Waals surface area contributed by atoms with E-state index in [4.69, 9.17) is 11.6 Å². The number of amides is 2. The summed E-state index contributed by atoms with van der Waals surface area (Å²) in [5.41, 5.74) is 1.88. The van der Waals surface area contributed by atoms with Gasteiger partial charge < -0.3 is 15.7 Å². The summed E-state index contributed by atoms with van der Waals surface area (Å²) in [6.07, 6.45) is -0.00223. The van der Waals surface area contributed by atoms with E-state index in [9.17, 15) is 14.7 Å². The number of thioether (sulfide) groups is 1. The maximum atomic E-state index is 12.5. The largest absolute Gasteiger partial charge is 0.506 e. The van der Waals surface area contributed by atoms with Crippen molar-refractivity contribution in [3.63, 3.8) is 0 Å². The molecule has 5 nitrogen and oxygen atoms in total. The zero-order valence-electron chi connectivity index (χ0n) is 15.3. The average molecular weight is 405 g/mol. The summed E-state index contributed by atoms with van der Waals surface area (Å²) in [7, 11) is 0. The number of fused-ring (bicyclic) bond motifs is 1. The molecule has 2 aromatic rings. The van der Waals surface area contributed by atoms with Crippen LogP contribution in [-0.4, -0.2) is 22.2 Å². The SMILES string of the molecule is CC(C)(C)c1ccc(O)c(NC(=O)CC2Sc3ccc(Cl)cc3NC2=O)c1. The predicted octanol–water partition coefficient (Wildman–Crippen LogP) is 4.78. The zero-order chi connectivity index (χ0) is 19.8. The molecular formula is C20H21ClN2O3S. The average Bonchev–Trinajstić information content (AvgIpc) is 2.56. The molecule has 3 N–H and O–H groups in total. The number of benzene rings is 2. The highest BCUT2D eigenvalue weighted by Crippen LogP contribution is 2.38. The third-order valence-electron chi connectivity index (χ3n) is 4.27. The fourth-order valence-corrected chi connectivity index (χ4v) is 3.99. The highest BCUT2D eigenvalue weighted by molar-refractivity contribution is 8.01. The summed E-state index contributed by atoms with van der Waals surface area (Å²) in [5, 5.41) is 15.6. The van der Waals surface area contributed by atoms with Gasteiger partial charge in [-0.3, -0.25) is 9.59 Å². The summed E-state index contributed by atoms with van der Waals surface area (Å²) in [5.74, 6) is -0.573. The molecule has 1 aliphatic heterocycles. The predicted molar refractivity (Wildman–Crippen MR) is 110 cm³/mol. The Morgan fingerprint density at radius 2 is 2.00 bits per heavy atom. The lowest BCUT2D eigenvalue weighted by Gasteiger charge is -2.24. The number of carbonyl (C=O) groups excluding carboxylic acids is 2. The van der Waals surface area contributed by atoms with E-state index >= 15 is 0 Å². The molecule has 3 rings (SSSR count). The molecule has 7 heteroatoms. The molecular weight excluding hydrogens is 384 g/mol. The normalized spacial score (nSPS) is 16.4. The van der Waals surface area contributed by atoms with Crippen molar-refractivity contribution in [1.82, 2.24) is 0 Å². The topological polar surface area (TPSA) is 78.4 Å². The van der Waals surface area contributed by atoms with Crippen LogP contribution in [-0.2, 0) is 15.0 Å². The molecule has 0 radical (unpaired) electrons. The summed E-state index contributed by atoms with van der Waals surface area (Å²) in [6.45, 7) is 6.16. The van der Waals surface area contributed by atoms with Crippen LogP contribution in [0.25, 0.3) is 0 Å². The summed E-state index contributed by atoms with van der Waals surface area (Å²) >= 11 is 7.28. The monoisotopic (exact) mass is 404 g/mol. The van der Waals surface area contributed by atoms with Gasteiger partial charge in [0.1, 0.15) is 5.75 Å². The lowest BCUT2D eigenvalue weighted by atomic mass is 9.87. The van der Waals surface area contributed by atoms with Crippen LogP contribution in [0.2, 0.25) is 5.02 Å². The first-order valence-corrected chi connectivity index (χ1v) is 9.79. The molecule has 0 saturated carbocycles. The Morgan fingerprint density at radius 3 is 2.70 bits per heavy atom. The van der Waals surface area contributed by atoms with Crippen LogP contribution in [0.15, 0.2) is 41.3 Å². The van der Waals surface area contributed by atoms with Crippen molar-refractivity contribution in [2.45, 2.75) is 42.8 Å². The van der Waals surface area contributed by atoms with E-state index in [0.29, 0.717) is 16.4 Å². The van der Waals surface area contributed by atoms with Crippen molar-refractivity contribution in [2.75, 3.05) is 10.6 Å². The third-order valence-corrected chi connectivity index (χ3v) is 5.78. The summed E-state index contributed by atoms with van der Waals surface area (Å²) < 4.78 is 0. The molecule has 0 fully saturated rings. The van der Waals surface area contributed by atoms with Crippen LogP contribution < -0.4 is 10.6 Å². The minimum atomic E-state index is -0.549. The second-order valence-corrected chi connectivity index (χ2v) is 9.15. The minimum absolute atomic E-state index is 0.00223. The fourth-order valence-electron chi connectivity index (χ4n) is 2.73. The number of carbonyl (C=O) groups is 2. The van der Waals surface area contributed by atoms with Gasteiger partial charge in [-0.05, 0) is 41.3 Å². The second-order valence-electron chi connectivity index (χ2n) is 7.47. The van der Waals surface area contributed by atoms with Gasteiger partial charge in [-0.25, -0.2) is 0 Å². The van der Waals surface area contributed by atoms with E-state index in [1.807, 2.05) is 12.1 Å². The molecule has 1 unspecified atom stereocenters. The Morgan fingerprint density at radius 1 is 1.26 bits per heavy atom. The number of halogens is 1. The summed E-state index contributed by atoms with van der Waals surface area (Å²) in [4.78, 5) is 25.6. The van der Waals surface area contributed by atoms with E-state index in [2.05, 4.69) is 31.4 Å². The third kappa shape index (κ3) is 4.57. The van der Waals surface area contributed by atoms with Crippen molar-refractivity contribution in [3.05, 3.63) is 47.0 Å². The van der Waals surface area contributed by atoms with Gasteiger partial charge in [0.25, 0.3) is 0 Å². The molecule has 27 heavy (non-hydrogen) atoms. The second kappa shape index (κ2) is 7.44. The first kappa shape index (κ1) is 19.6. The number of phenols is 1. The maximum absolute atomic E-state index is 12.5. The molecule has 2 amide bonds. The van der Waals surface area contributed by atoms with Crippen LogP contribution in [0.3, 0.4) is 0 Å². The van der Waals surface area contributed by atoms with Gasteiger partial charge in [0.2, 0.25) is 11.8 Å². The molecule has 0 aromatic heterocycles. The number of phenolic OH excluding ortho intramolecular Hbond substituents is 1. The van der Waals surface area contributed by atoms with E-state index in [1.165, 1.54) is 11.8 Å². The van der Waals surface area contributed by atoms with Gasteiger partial charge in [0, 0.05) is 16.3 Å². The van der Waals surface area contributed by atoms with E-state index in [0.717, 1.165) is 10.5 Å². The van der Waals surface area contributed by atoms with Crippen LogP contribution >= 0.6 is 23.4 Å². The number of hydrogen-bond donors (Lipinski definition) is 3. The van der Waals surface area contributed by atoms with Crippen molar-refractivity contribution >= 4 is 46.6 Å². The van der Waals surface area contributed by atoms with Gasteiger partial charge in [0.05, 0.1) is 16.6 Å². The van der Waals surface area contributed by atoms with Crippen LogP contribution in [0.1, 0.15) is 32.8 Å². The number of aromatic hydroxyl groups is 1. The molecule has 2 aromatic carbocycles. The van der Waals surface area contributed by atoms with E-state index < -0.39 is 5.25 Å². The van der Waals surface area contributed by atoms with E-state index in [-0.39, 0.29) is 29.4 Å². The van der Waals surface area contributed by atoms with Crippen LogP contribution in [0.4, 0.5) is 11.4 Å². The van der Waals surface area contributed by atoms with Gasteiger partial charge in [-0.1, -0.05) is 38.4 Å². The Balaban J connectivity index is 1.71. The lowest BCUT2D eigenvalue weighted by molar-refractivity contribution is -0.120. The Hall–Kier alpha value is -2.18. The highest BCUT2D eigenvalue weighted by atomic mass is 35.5. The van der Waals surface area contributed by atoms with E-state index in [1.54, 1.807) is 24.3 Å². The first-order valence-electron chi connectivity index (χ1n) is 8.54. The Kier molecular flexibility index (Phi) is 5.40. The zero-order valence-corrected chi connectivity index (χ0v) is 16.9. The van der Waals surface area contributed by atoms with Crippen LogP contribution in [0, 0.1) is 0 Å². The number of hydrogen-bond acceptors (Lipinski definition) is 4. The minimum Gasteiger partial charge on any atom is -0.506 e. The Labute approximate surface area is 167 Å². The maximum Gasteiger partial charge on any atom is 0.238 e. The first-order chi connectivity index (χ1) is 12.6. The molecule has 0 aliphatic carbocycles. The fraction of sp³-hybridized carbons (Fsp3) is 0.300. The number of rotatable bonds is 3. The number of nitrogens with one attached hydrogen (secondary N) is 2. The lowest BCUT2D eigenvalue weighted by Crippen LogP contribution is -2.32. The summed E-state index contributed by atoms with van der Waals surface area (Å²) in [6, 6.07) is 10.4. The molecule has 0 bridgehead atoms. The van der Waals surface area contributed by atoms with Crippen molar-refractivity contribution in [3.8, 4) is 5.75 Å². The highest BCUT2D eigenvalue weighted by Gasteiger charge is 2.29. The standard InChI is InChI=1S/C20H21ClN2O3S/c1-20(2,3)11-4-6-15(24)13(8-11)22-18(25)10-17-19(26)23-14-9-12(21)5-7-16(14)27-17/h4-9,17,24H,10H2,1-3H3,(H,22,25)(H,23,26). The van der Waals surface area contributed by atoms with Gasteiger partial charge in [-0.15, -0.1) is 11.8 Å². The molecule has 142 valence electrons. The van der Waals surface area contributed by atoms with Gasteiger partial charge >= 0.3 is 0 Å². The Bertz CT molecular complexity index is 909.